The molecule has 144 valence electrons. The Bertz CT molecular complexity index is 798. The fourth-order valence-electron chi connectivity index (χ4n) is 2.63. The molecule has 0 N–H and O–H groups in total. The lowest BCUT2D eigenvalue weighted by Gasteiger charge is -2.32. The van der Waals surface area contributed by atoms with Crippen LogP contribution in [-0.2, 0) is 9.31 Å². The highest BCUT2D eigenvalue weighted by atomic mass is 35.5. The Morgan fingerprint density at radius 3 is 2.41 bits per heavy atom. The van der Waals surface area contributed by atoms with Gasteiger partial charge >= 0.3 is 7.12 Å². The van der Waals surface area contributed by atoms with Crippen molar-refractivity contribution in [2.24, 2.45) is 0 Å². The maximum Gasteiger partial charge on any atom is 0.494 e. The number of hydrogen-bond acceptors (Lipinski definition) is 4. The van der Waals surface area contributed by atoms with E-state index in [1.165, 1.54) is 0 Å². The Balaban J connectivity index is 1.56. The number of ether oxygens (including phenoxy) is 1. The highest BCUT2D eigenvalue weighted by Crippen LogP contribution is 2.36. The van der Waals surface area contributed by atoms with Gasteiger partial charge in [0.2, 0.25) is 0 Å². The van der Waals surface area contributed by atoms with Crippen LogP contribution in [0.15, 0.2) is 47.4 Å². The summed E-state index contributed by atoms with van der Waals surface area (Å²) in [6, 6.07) is 13.3. The summed E-state index contributed by atoms with van der Waals surface area (Å²) < 4.78 is 18.1. The van der Waals surface area contributed by atoms with Gasteiger partial charge in [0, 0.05) is 15.7 Å². The van der Waals surface area contributed by atoms with E-state index in [1.807, 2.05) is 58.0 Å². The van der Waals surface area contributed by atoms with Crippen LogP contribution in [0, 0.1) is 0 Å². The Hall–Kier alpha value is -0.845. The molecule has 7 heteroatoms. The van der Waals surface area contributed by atoms with Gasteiger partial charge in [-0.25, -0.2) is 0 Å². The molecular formula is C20H23BCl2O3S. The van der Waals surface area contributed by atoms with Crippen LogP contribution in [0.3, 0.4) is 0 Å². The van der Waals surface area contributed by atoms with Crippen LogP contribution in [-0.4, -0.2) is 30.7 Å². The lowest BCUT2D eigenvalue weighted by molar-refractivity contribution is 0.00578. The molecular weight excluding hydrogens is 402 g/mol. The zero-order valence-electron chi connectivity index (χ0n) is 15.9. The van der Waals surface area contributed by atoms with Gasteiger partial charge in [0.25, 0.3) is 0 Å². The van der Waals surface area contributed by atoms with E-state index in [-0.39, 0.29) is 11.2 Å². The number of benzene rings is 2. The Morgan fingerprint density at radius 1 is 1.00 bits per heavy atom. The predicted octanol–water partition coefficient (Wildman–Crippen LogP) is 5.46. The first kappa shape index (κ1) is 20.9. The smallest absolute Gasteiger partial charge is 0.493 e. The maximum atomic E-state index is 6.18. The van der Waals surface area contributed by atoms with Gasteiger partial charge in [0.1, 0.15) is 5.75 Å². The van der Waals surface area contributed by atoms with Crippen molar-refractivity contribution in [2.45, 2.75) is 43.8 Å². The summed E-state index contributed by atoms with van der Waals surface area (Å²) in [6.45, 7) is 8.74. The normalized spacial score (nSPS) is 17.9. The molecule has 0 aliphatic carbocycles. The van der Waals surface area contributed by atoms with Crippen LogP contribution in [0.5, 0.6) is 5.75 Å². The van der Waals surface area contributed by atoms with Gasteiger partial charge in [0.15, 0.2) is 0 Å². The van der Waals surface area contributed by atoms with Gasteiger partial charge in [-0.15, -0.1) is 11.8 Å². The van der Waals surface area contributed by atoms with Gasteiger partial charge in [-0.1, -0.05) is 35.3 Å². The predicted molar refractivity (Wildman–Crippen MR) is 115 cm³/mol. The molecule has 0 atom stereocenters. The molecule has 3 rings (SSSR count). The molecule has 1 saturated heterocycles. The summed E-state index contributed by atoms with van der Waals surface area (Å²) in [7, 11) is -0.391. The number of hydrogen-bond donors (Lipinski definition) is 0. The van der Waals surface area contributed by atoms with E-state index in [4.69, 9.17) is 37.2 Å². The molecule has 1 aliphatic rings. The zero-order chi connectivity index (χ0) is 19.7. The molecule has 0 saturated carbocycles. The van der Waals surface area contributed by atoms with Crippen molar-refractivity contribution < 1.29 is 14.0 Å². The van der Waals surface area contributed by atoms with Crippen LogP contribution in [0.1, 0.15) is 27.7 Å². The van der Waals surface area contributed by atoms with Crippen molar-refractivity contribution in [3.63, 3.8) is 0 Å². The van der Waals surface area contributed by atoms with Crippen molar-refractivity contribution in [3.05, 3.63) is 52.5 Å². The van der Waals surface area contributed by atoms with Crippen LogP contribution in [0.25, 0.3) is 0 Å². The van der Waals surface area contributed by atoms with Crippen LogP contribution in [0.4, 0.5) is 0 Å². The summed E-state index contributed by atoms with van der Waals surface area (Å²) in [5.41, 5.74) is 0.236. The van der Waals surface area contributed by atoms with Crippen molar-refractivity contribution in [1.82, 2.24) is 0 Å². The Kier molecular flexibility index (Phi) is 6.39. The fourth-order valence-corrected chi connectivity index (χ4v) is 3.95. The highest BCUT2D eigenvalue weighted by molar-refractivity contribution is 7.99. The number of thioether (sulfide) groups is 1. The molecule has 27 heavy (non-hydrogen) atoms. The molecule has 1 fully saturated rings. The van der Waals surface area contributed by atoms with E-state index in [0.29, 0.717) is 16.7 Å². The average Bonchev–Trinajstić information content (AvgIpc) is 2.83. The van der Waals surface area contributed by atoms with Crippen LogP contribution < -0.4 is 10.2 Å². The average molecular weight is 425 g/mol. The third kappa shape index (κ3) is 4.96. The molecule has 0 unspecified atom stereocenters. The fraction of sp³-hybridized carbons (Fsp3) is 0.400. The largest absolute Gasteiger partial charge is 0.494 e. The summed E-state index contributed by atoms with van der Waals surface area (Å²) >= 11 is 13.8. The third-order valence-electron chi connectivity index (χ3n) is 4.89. The zero-order valence-corrected chi connectivity index (χ0v) is 18.3. The second kappa shape index (κ2) is 8.26. The minimum atomic E-state index is -0.391. The molecule has 0 radical (unpaired) electrons. The van der Waals surface area contributed by atoms with E-state index in [0.717, 1.165) is 21.9 Å². The second-order valence-electron chi connectivity index (χ2n) is 7.43. The molecule has 1 aliphatic heterocycles. The van der Waals surface area contributed by atoms with E-state index in [9.17, 15) is 0 Å². The molecule has 0 bridgehead atoms. The highest BCUT2D eigenvalue weighted by Gasteiger charge is 2.51. The quantitative estimate of drug-likeness (QED) is 0.349. The second-order valence-corrected chi connectivity index (χ2v) is 9.41. The molecule has 3 nitrogen and oxygen atoms in total. The first-order valence-corrected chi connectivity index (χ1v) is 10.6. The third-order valence-corrected chi connectivity index (χ3v) is 6.58. The van der Waals surface area contributed by atoms with Gasteiger partial charge in [0.05, 0.1) is 22.8 Å². The van der Waals surface area contributed by atoms with E-state index in [1.54, 1.807) is 23.9 Å². The van der Waals surface area contributed by atoms with E-state index in [2.05, 4.69) is 0 Å². The minimum absolute atomic E-state index is 0.360. The van der Waals surface area contributed by atoms with Gasteiger partial charge in [-0.3, -0.25) is 0 Å². The van der Waals surface area contributed by atoms with Crippen molar-refractivity contribution >= 4 is 47.5 Å². The van der Waals surface area contributed by atoms with Gasteiger partial charge in [-0.05, 0) is 63.5 Å². The number of rotatable bonds is 6. The molecule has 0 spiro atoms. The molecule has 1 heterocycles. The molecule has 2 aromatic carbocycles. The summed E-state index contributed by atoms with van der Waals surface area (Å²) in [4.78, 5) is 0.957. The lowest BCUT2D eigenvalue weighted by Crippen LogP contribution is -2.41. The number of halogens is 2. The summed E-state index contributed by atoms with van der Waals surface area (Å²) in [5, 5.41) is 1.38. The SMILES string of the molecule is CC1(C)OB(c2cccc(OCCSc3cc(Cl)ccc3Cl)c2)OC1(C)C. The lowest BCUT2D eigenvalue weighted by atomic mass is 9.79. The summed E-state index contributed by atoms with van der Waals surface area (Å²) in [5.74, 6) is 1.56. The monoisotopic (exact) mass is 424 g/mol. The van der Waals surface area contributed by atoms with Crippen molar-refractivity contribution in [1.29, 1.82) is 0 Å². The van der Waals surface area contributed by atoms with Crippen molar-refractivity contribution in [2.75, 3.05) is 12.4 Å². The van der Waals surface area contributed by atoms with Gasteiger partial charge < -0.3 is 14.0 Å². The molecule has 0 amide bonds. The van der Waals surface area contributed by atoms with E-state index >= 15 is 0 Å². The first-order chi connectivity index (χ1) is 12.7. The van der Waals surface area contributed by atoms with Gasteiger partial charge in [-0.2, -0.15) is 0 Å². The Labute approximate surface area is 175 Å². The van der Waals surface area contributed by atoms with Crippen molar-refractivity contribution in [3.8, 4) is 5.75 Å². The Morgan fingerprint density at radius 2 is 1.70 bits per heavy atom. The minimum Gasteiger partial charge on any atom is -0.493 e. The standard InChI is InChI=1S/C20H23BCl2O3S/c1-19(2)20(3,4)26-21(25-19)14-6-5-7-16(12-14)24-10-11-27-18-13-15(22)8-9-17(18)23/h5-9,12-13H,10-11H2,1-4H3. The first-order valence-electron chi connectivity index (χ1n) is 8.84. The van der Waals surface area contributed by atoms with E-state index < -0.39 is 7.12 Å². The van der Waals surface area contributed by atoms with Crippen LogP contribution in [0.2, 0.25) is 10.0 Å². The molecule has 2 aromatic rings. The van der Waals surface area contributed by atoms with Crippen LogP contribution >= 0.6 is 35.0 Å². The topological polar surface area (TPSA) is 27.7 Å². The molecule has 0 aromatic heterocycles. The maximum absolute atomic E-state index is 6.18. The summed E-state index contributed by atoms with van der Waals surface area (Å²) in [6.07, 6.45) is 0.